The molecule has 0 aliphatic rings. The lowest BCUT2D eigenvalue weighted by atomic mass is 10.1. The molecule has 96 valence electrons. The van der Waals surface area contributed by atoms with Crippen LogP contribution in [0.2, 0.25) is 0 Å². The molecule has 0 amide bonds. The molecule has 1 atom stereocenters. The molecule has 18 heavy (non-hydrogen) atoms. The predicted octanol–water partition coefficient (Wildman–Crippen LogP) is 3.07. The molecule has 1 aromatic carbocycles. The average molecular weight is 247 g/mol. The third-order valence-corrected chi connectivity index (χ3v) is 2.92. The molecular formula is C14H18FN3. The molecule has 1 unspecified atom stereocenters. The van der Waals surface area contributed by atoms with E-state index in [1.807, 2.05) is 13.0 Å². The molecule has 3 nitrogen and oxygen atoms in total. The maximum atomic E-state index is 14.0. The fraction of sp³-hybridized carbons (Fsp3) is 0.357. The number of nitrogens with one attached hydrogen (secondary N) is 1. The Morgan fingerprint density at radius 3 is 2.89 bits per heavy atom. The van der Waals surface area contributed by atoms with E-state index in [1.165, 1.54) is 4.68 Å². The predicted molar refractivity (Wildman–Crippen MR) is 70.2 cm³/mol. The maximum Gasteiger partial charge on any atom is 0.149 e. The van der Waals surface area contributed by atoms with Gasteiger partial charge >= 0.3 is 0 Å². The Hall–Kier alpha value is -1.68. The Morgan fingerprint density at radius 2 is 2.28 bits per heavy atom. The molecule has 2 aromatic rings. The van der Waals surface area contributed by atoms with E-state index in [0.717, 1.165) is 18.5 Å². The summed E-state index contributed by atoms with van der Waals surface area (Å²) < 4.78 is 15.5. The summed E-state index contributed by atoms with van der Waals surface area (Å²) in [4.78, 5) is 0. The van der Waals surface area contributed by atoms with Gasteiger partial charge in [0.15, 0.2) is 0 Å². The molecular weight excluding hydrogens is 229 g/mol. The second-order valence-electron chi connectivity index (χ2n) is 4.34. The second-order valence-corrected chi connectivity index (χ2v) is 4.34. The number of hydrogen-bond acceptors (Lipinski definition) is 2. The average Bonchev–Trinajstić information content (AvgIpc) is 2.89. The monoisotopic (exact) mass is 247 g/mol. The first-order chi connectivity index (χ1) is 8.72. The van der Waals surface area contributed by atoms with Crippen LogP contribution in [0.5, 0.6) is 0 Å². The number of nitrogens with zero attached hydrogens (tertiary/aromatic N) is 2. The zero-order valence-corrected chi connectivity index (χ0v) is 10.7. The topological polar surface area (TPSA) is 29.9 Å². The zero-order valence-electron chi connectivity index (χ0n) is 10.7. The van der Waals surface area contributed by atoms with Crippen LogP contribution in [-0.4, -0.2) is 16.3 Å². The highest BCUT2D eigenvalue weighted by Gasteiger charge is 2.09. The summed E-state index contributed by atoms with van der Waals surface area (Å²) >= 11 is 0. The van der Waals surface area contributed by atoms with Crippen LogP contribution in [-0.2, 0) is 0 Å². The van der Waals surface area contributed by atoms with Crippen molar-refractivity contribution < 1.29 is 4.39 Å². The van der Waals surface area contributed by atoms with Crippen molar-refractivity contribution in [1.82, 2.24) is 15.1 Å². The molecule has 2 rings (SSSR count). The lowest BCUT2D eigenvalue weighted by Crippen LogP contribution is -2.19. The van der Waals surface area contributed by atoms with Gasteiger partial charge in [0.1, 0.15) is 11.5 Å². The lowest BCUT2D eigenvalue weighted by molar-refractivity contribution is 0.559. The SMILES string of the molecule is CCCNC(C)c1ccc(-n2cccn2)c(F)c1. The Labute approximate surface area is 107 Å². The van der Waals surface area contributed by atoms with Crippen LogP contribution in [0.4, 0.5) is 4.39 Å². The standard InChI is InChI=1S/C14H18FN3/c1-3-7-16-11(2)12-5-6-14(13(15)10-12)18-9-4-8-17-18/h4-6,8-11,16H,3,7H2,1-2H3. The molecule has 1 N–H and O–H groups in total. The first-order valence-electron chi connectivity index (χ1n) is 6.25. The molecule has 4 heteroatoms. The lowest BCUT2D eigenvalue weighted by Gasteiger charge is -2.14. The van der Waals surface area contributed by atoms with Crippen LogP contribution in [0.25, 0.3) is 5.69 Å². The van der Waals surface area contributed by atoms with Gasteiger partial charge in [-0.15, -0.1) is 0 Å². The van der Waals surface area contributed by atoms with Crippen LogP contribution in [0.3, 0.4) is 0 Å². The van der Waals surface area contributed by atoms with Gasteiger partial charge in [-0.3, -0.25) is 0 Å². The number of halogens is 1. The van der Waals surface area contributed by atoms with Gasteiger partial charge in [0.25, 0.3) is 0 Å². The van der Waals surface area contributed by atoms with E-state index in [2.05, 4.69) is 17.3 Å². The summed E-state index contributed by atoms with van der Waals surface area (Å²) in [6.07, 6.45) is 4.44. The molecule has 0 saturated heterocycles. The van der Waals surface area contributed by atoms with Crippen molar-refractivity contribution in [3.05, 3.63) is 48.0 Å². The van der Waals surface area contributed by atoms with Crippen LogP contribution >= 0.6 is 0 Å². The van der Waals surface area contributed by atoms with Crippen molar-refractivity contribution in [1.29, 1.82) is 0 Å². The number of aromatic nitrogens is 2. The third-order valence-electron chi connectivity index (χ3n) is 2.92. The first-order valence-corrected chi connectivity index (χ1v) is 6.25. The van der Waals surface area contributed by atoms with Crippen LogP contribution in [0.1, 0.15) is 31.9 Å². The van der Waals surface area contributed by atoms with E-state index in [0.29, 0.717) is 5.69 Å². The van der Waals surface area contributed by atoms with Crippen molar-refractivity contribution in [3.63, 3.8) is 0 Å². The van der Waals surface area contributed by atoms with E-state index >= 15 is 0 Å². The molecule has 0 spiro atoms. The smallest absolute Gasteiger partial charge is 0.149 e. The summed E-state index contributed by atoms with van der Waals surface area (Å²) in [6.45, 7) is 5.09. The van der Waals surface area contributed by atoms with E-state index in [-0.39, 0.29) is 11.9 Å². The van der Waals surface area contributed by atoms with E-state index in [1.54, 1.807) is 30.6 Å². The van der Waals surface area contributed by atoms with Gasteiger partial charge in [0.2, 0.25) is 0 Å². The Bertz CT molecular complexity index is 494. The Kier molecular flexibility index (Phi) is 4.10. The van der Waals surface area contributed by atoms with Gasteiger partial charge in [-0.2, -0.15) is 5.10 Å². The summed E-state index contributed by atoms with van der Waals surface area (Å²) in [5, 5.41) is 7.37. The van der Waals surface area contributed by atoms with Gasteiger partial charge in [-0.25, -0.2) is 9.07 Å². The normalized spacial score (nSPS) is 12.6. The van der Waals surface area contributed by atoms with Crippen LogP contribution in [0, 0.1) is 5.82 Å². The number of hydrogen-bond donors (Lipinski definition) is 1. The minimum absolute atomic E-state index is 0.158. The van der Waals surface area contributed by atoms with Gasteiger partial charge in [0.05, 0.1) is 0 Å². The fourth-order valence-corrected chi connectivity index (χ4v) is 1.87. The van der Waals surface area contributed by atoms with Crippen LogP contribution < -0.4 is 5.32 Å². The molecule has 0 radical (unpaired) electrons. The molecule has 0 fully saturated rings. The van der Waals surface area contributed by atoms with Gasteiger partial charge in [-0.1, -0.05) is 13.0 Å². The molecule has 1 heterocycles. The summed E-state index contributed by atoms with van der Waals surface area (Å²) in [5.74, 6) is -0.249. The quantitative estimate of drug-likeness (QED) is 0.880. The molecule has 1 aromatic heterocycles. The molecule has 0 saturated carbocycles. The Morgan fingerprint density at radius 1 is 1.44 bits per heavy atom. The summed E-state index contributed by atoms with van der Waals surface area (Å²) in [7, 11) is 0. The second kappa shape index (κ2) is 5.78. The van der Waals surface area contributed by atoms with Gasteiger partial charge < -0.3 is 5.32 Å². The van der Waals surface area contributed by atoms with E-state index in [9.17, 15) is 4.39 Å². The Balaban J connectivity index is 2.20. The third kappa shape index (κ3) is 2.76. The van der Waals surface area contributed by atoms with Gasteiger partial charge in [0, 0.05) is 18.4 Å². The van der Waals surface area contributed by atoms with E-state index in [4.69, 9.17) is 0 Å². The summed E-state index contributed by atoms with van der Waals surface area (Å²) in [6, 6.07) is 7.21. The molecule has 0 bridgehead atoms. The maximum absolute atomic E-state index is 14.0. The number of benzene rings is 1. The van der Waals surface area contributed by atoms with E-state index < -0.39 is 0 Å². The van der Waals surface area contributed by atoms with Crippen molar-refractivity contribution >= 4 is 0 Å². The number of rotatable bonds is 5. The highest BCUT2D eigenvalue weighted by molar-refractivity contribution is 5.36. The minimum Gasteiger partial charge on any atom is -0.310 e. The minimum atomic E-state index is -0.249. The highest BCUT2D eigenvalue weighted by atomic mass is 19.1. The largest absolute Gasteiger partial charge is 0.310 e. The van der Waals surface area contributed by atoms with Crippen molar-refractivity contribution in [2.24, 2.45) is 0 Å². The molecule has 0 aliphatic carbocycles. The first kappa shape index (κ1) is 12.8. The van der Waals surface area contributed by atoms with Crippen molar-refractivity contribution in [2.75, 3.05) is 6.54 Å². The van der Waals surface area contributed by atoms with Crippen LogP contribution in [0.15, 0.2) is 36.7 Å². The van der Waals surface area contributed by atoms with Crippen molar-refractivity contribution in [2.45, 2.75) is 26.3 Å². The molecule has 0 aliphatic heterocycles. The summed E-state index contributed by atoms with van der Waals surface area (Å²) in [5.41, 5.74) is 1.43. The zero-order chi connectivity index (χ0) is 13.0. The fourth-order valence-electron chi connectivity index (χ4n) is 1.87. The highest BCUT2D eigenvalue weighted by Crippen LogP contribution is 2.19. The van der Waals surface area contributed by atoms with Gasteiger partial charge in [-0.05, 0) is 43.7 Å². The van der Waals surface area contributed by atoms with Crippen molar-refractivity contribution in [3.8, 4) is 5.69 Å².